The lowest BCUT2D eigenvalue weighted by Crippen LogP contribution is -2.17. The van der Waals surface area contributed by atoms with E-state index in [4.69, 9.17) is 20.8 Å². The number of aryl methyl sites for hydroxylation is 1. The van der Waals surface area contributed by atoms with Crippen LogP contribution in [0, 0.1) is 6.92 Å². The van der Waals surface area contributed by atoms with Gasteiger partial charge in [-0.3, -0.25) is 9.59 Å². The van der Waals surface area contributed by atoms with Gasteiger partial charge in [-0.2, -0.15) is 0 Å². The molecule has 8 rings (SSSR count). The summed E-state index contributed by atoms with van der Waals surface area (Å²) in [4.78, 5) is 60.4. The number of carboxylic acids is 1. The normalized spacial score (nSPS) is 11.3. The number of para-hydroxylation sites is 2. The second-order valence-electron chi connectivity index (χ2n) is 13.7. The number of phenols is 1. The van der Waals surface area contributed by atoms with Crippen molar-refractivity contribution in [2.24, 2.45) is 0 Å². The smallest absolute Gasteiger partial charge is 0.356 e. The molecule has 0 amide bonds. The number of aromatic hydroxyl groups is 1. The molecule has 2 aromatic heterocycles. The third kappa shape index (κ3) is 6.69. The SMILES string of the molecule is COC(=O)c1ccc2cccc(NCc3c4oc5c(CNc6cccc7ccc(C(C)=O)nc67)c(O)ccc5c(-c5cc(C)ccc5C(=O)O)c-4cc(Cl)c3=O)c2n1. The van der Waals surface area contributed by atoms with Crippen LogP contribution >= 0.6 is 11.6 Å². The molecular weight excluding hydrogens is 760 g/mol. The lowest BCUT2D eigenvalue weighted by Gasteiger charge is -2.22. The first-order valence-corrected chi connectivity index (χ1v) is 18.4. The number of esters is 1. The minimum atomic E-state index is -1.17. The number of methoxy groups -OCH3 is 1. The van der Waals surface area contributed by atoms with Crippen LogP contribution in [0.4, 0.5) is 11.4 Å². The molecule has 1 aliphatic heterocycles. The zero-order valence-electron chi connectivity index (χ0n) is 31.3. The van der Waals surface area contributed by atoms with Crippen LogP contribution in [0.15, 0.2) is 106 Å². The lowest BCUT2D eigenvalue weighted by molar-refractivity contribution is 0.0593. The maximum Gasteiger partial charge on any atom is 0.356 e. The number of Topliss-reactive ketones (excluding diaryl/α,β-unsaturated/α-hetero) is 1. The molecule has 288 valence electrons. The number of nitrogens with one attached hydrogen (secondary N) is 2. The molecule has 1 aliphatic carbocycles. The first-order valence-electron chi connectivity index (χ1n) is 18.1. The third-order valence-electron chi connectivity index (χ3n) is 10.0. The number of nitrogens with zero attached hydrogens (tertiary/aromatic N) is 2. The summed E-state index contributed by atoms with van der Waals surface area (Å²) in [5, 5.41) is 30.3. The monoisotopic (exact) mass is 792 g/mol. The number of ether oxygens (including phenoxy) is 1. The molecule has 12 nitrogen and oxygen atoms in total. The Morgan fingerprint density at radius 3 is 2.07 bits per heavy atom. The fourth-order valence-corrected chi connectivity index (χ4v) is 7.41. The highest BCUT2D eigenvalue weighted by Crippen LogP contribution is 2.46. The molecule has 0 saturated heterocycles. The van der Waals surface area contributed by atoms with Crippen molar-refractivity contribution in [2.45, 2.75) is 26.9 Å². The molecular formula is C45H33ClN4O8. The van der Waals surface area contributed by atoms with Crippen LogP contribution in [0.1, 0.15) is 54.9 Å². The summed E-state index contributed by atoms with van der Waals surface area (Å²) in [6.07, 6.45) is 0. The minimum absolute atomic E-state index is 0.000456. The zero-order chi connectivity index (χ0) is 40.8. The van der Waals surface area contributed by atoms with Crippen LogP contribution in [-0.4, -0.2) is 45.0 Å². The van der Waals surface area contributed by atoms with Gasteiger partial charge in [0.05, 0.1) is 51.2 Å². The number of aromatic nitrogens is 2. The quantitative estimate of drug-likeness (QED) is 0.0586. The van der Waals surface area contributed by atoms with Gasteiger partial charge >= 0.3 is 11.9 Å². The summed E-state index contributed by atoms with van der Waals surface area (Å²) in [7, 11) is 1.27. The Kier molecular flexibility index (Phi) is 9.71. The molecule has 0 atom stereocenters. The largest absolute Gasteiger partial charge is 0.507 e. The molecule has 0 saturated carbocycles. The summed E-state index contributed by atoms with van der Waals surface area (Å²) in [6, 6.07) is 27.2. The van der Waals surface area contributed by atoms with Gasteiger partial charge in [0.2, 0.25) is 5.43 Å². The number of hydrogen-bond acceptors (Lipinski definition) is 11. The number of carbonyl (C=O) groups excluding carboxylic acids is 2. The van der Waals surface area contributed by atoms with E-state index < -0.39 is 17.4 Å². The summed E-state index contributed by atoms with van der Waals surface area (Å²) in [5.74, 6) is -2.00. The maximum atomic E-state index is 14.0. The van der Waals surface area contributed by atoms with Crippen molar-refractivity contribution in [3.05, 3.63) is 146 Å². The van der Waals surface area contributed by atoms with Crippen molar-refractivity contribution in [1.82, 2.24) is 9.97 Å². The molecule has 0 fully saturated rings. The maximum absolute atomic E-state index is 14.0. The van der Waals surface area contributed by atoms with Gasteiger partial charge in [0.15, 0.2) is 5.78 Å². The molecule has 13 heteroatoms. The van der Waals surface area contributed by atoms with E-state index in [2.05, 4.69) is 20.6 Å². The number of benzene rings is 5. The average molecular weight is 793 g/mol. The predicted octanol–water partition coefficient (Wildman–Crippen LogP) is 9.24. The Labute approximate surface area is 335 Å². The van der Waals surface area contributed by atoms with Gasteiger partial charge in [-0.1, -0.05) is 65.7 Å². The van der Waals surface area contributed by atoms with Crippen molar-refractivity contribution in [3.8, 4) is 28.2 Å². The molecule has 58 heavy (non-hydrogen) atoms. The van der Waals surface area contributed by atoms with E-state index >= 15 is 0 Å². The fourth-order valence-electron chi connectivity index (χ4n) is 7.18. The van der Waals surface area contributed by atoms with E-state index in [-0.39, 0.29) is 57.8 Å². The van der Waals surface area contributed by atoms with E-state index in [1.807, 2.05) is 31.2 Å². The molecule has 2 aliphatic rings. The number of hydrogen-bond donors (Lipinski definition) is 4. The number of carbonyl (C=O) groups is 3. The minimum Gasteiger partial charge on any atom is -0.507 e. The Bertz CT molecular complexity index is 3050. The number of aromatic carboxylic acids is 1. The molecule has 0 radical (unpaired) electrons. The van der Waals surface area contributed by atoms with Gasteiger partial charge in [0.25, 0.3) is 0 Å². The number of phenolic OH excluding ortho intramolecular Hbond substituents is 1. The summed E-state index contributed by atoms with van der Waals surface area (Å²) < 4.78 is 11.6. The molecule has 0 unspecified atom stereocenters. The van der Waals surface area contributed by atoms with Crippen molar-refractivity contribution < 1.29 is 33.8 Å². The van der Waals surface area contributed by atoms with Crippen molar-refractivity contribution in [3.63, 3.8) is 0 Å². The summed E-state index contributed by atoms with van der Waals surface area (Å²) in [6.45, 7) is 3.15. The lowest BCUT2D eigenvalue weighted by atomic mass is 9.87. The van der Waals surface area contributed by atoms with E-state index in [0.29, 0.717) is 55.7 Å². The standard InChI is InChI=1S/C45H33ClN4O8/c1-22-10-13-26(44(54)55)28(18-22)38-27-14-17-37(52)30(20-47-34-8-4-6-24-11-15-33(23(2)51)49-39(24)34)42(27)58-43-29(38)19-32(46)41(53)31(43)21-48-35-9-5-7-25-12-16-36(45(56)57-3)50-40(25)35/h4-19,47-48,52H,20-21H2,1-3H3,(H,54,55). The number of halogens is 1. The number of ketones is 1. The number of pyridine rings is 2. The third-order valence-corrected chi connectivity index (χ3v) is 10.3. The van der Waals surface area contributed by atoms with Gasteiger partial charge in [-0.05, 0) is 61.0 Å². The number of anilines is 2. The van der Waals surface area contributed by atoms with Gasteiger partial charge < -0.3 is 30.0 Å². The van der Waals surface area contributed by atoms with Crippen LogP contribution in [-0.2, 0) is 17.8 Å². The van der Waals surface area contributed by atoms with Crippen molar-refractivity contribution in [1.29, 1.82) is 0 Å². The van der Waals surface area contributed by atoms with E-state index in [9.17, 15) is 29.4 Å². The first-order chi connectivity index (χ1) is 27.9. The van der Waals surface area contributed by atoms with Crippen LogP contribution in [0.3, 0.4) is 0 Å². The topological polar surface area (TPSA) is 181 Å². The summed E-state index contributed by atoms with van der Waals surface area (Å²) >= 11 is 6.70. The van der Waals surface area contributed by atoms with Gasteiger partial charge in [0.1, 0.15) is 28.5 Å². The van der Waals surface area contributed by atoms with E-state index in [0.717, 1.165) is 16.3 Å². The average Bonchev–Trinajstić information content (AvgIpc) is 3.22. The number of carboxylic acid groups (broad SMARTS) is 1. The predicted molar refractivity (Wildman–Crippen MR) is 222 cm³/mol. The molecule has 4 aromatic carbocycles. The van der Waals surface area contributed by atoms with Gasteiger partial charge in [-0.25, -0.2) is 19.6 Å². The van der Waals surface area contributed by atoms with Crippen LogP contribution < -0.4 is 16.1 Å². The first kappa shape index (κ1) is 37.6. The molecule has 6 aromatic rings. The molecule has 4 N–H and O–H groups in total. The second-order valence-corrected chi connectivity index (χ2v) is 14.1. The fraction of sp³-hybridized carbons (Fsp3) is 0.111. The highest BCUT2D eigenvalue weighted by Gasteiger charge is 2.28. The van der Waals surface area contributed by atoms with Crippen LogP contribution in [0.25, 0.3) is 55.2 Å². The Morgan fingerprint density at radius 1 is 0.793 bits per heavy atom. The highest BCUT2D eigenvalue weighted by atomic mass is 35.5. The van der Waals surface area contributed by atoms with Crippen LogP contribution in [0.2, 0.25) is 5.02 Å². The van der Waals surface area contributed by atoms with Gasteiger partial charge in [-0.15, -0.1) is 0 Å². The van der Waals surface area contributed by atoms with E-state index in [1.54, 1.807) is 54.6 Å². The van der Waals surface area contributed by atoms with Crippen molar-refractivity contribution in [2.75, 3.05) is 17.7 Å². The summed E-state index contributed by atoms with van der Waals surface area (Å²) in [5.41, 5.74) is 4.47. The number of fused-ring (bicyclic) bond motifs is 4. The highest BCUT2D eigenvalue weighted by molar-refractivity contribution is 6.31. The Balaban J connectivity index is 1.34. The molecule has 0 spiro atoms. The van der Waals surface area contributed by atoms with E-state index in [1.165, 1.54) is 32.2 Å². The molecule has 0 bridgehead atoms. The second kappa shape index (κ2) is 15.0. The van der Waals surface area contributed by atoms with Crippen LogP contribution in [0.5, 0.6) is 5.75 Å². The number of rotatable bonds is 10. The Morgan fingerprint density at radius 2 is 1.43 bits per heavy atom. The Hall–Kier alpha value is -7.31. The van der Waals surface area contributed by atoms with Gasteiger partial charge in [0, 0.05) is 47.3 Å². The zero-order valence-corrected chi connectivity index (χ0v) is 32.0. The molecule has 3 heterocycles. The van der Waals surface area contributed by atoms with Crippen molar-refractivity contribution >= 4 is 73.5 Å².